The van der Waals surface area contributed by atoms with Crippen molar-refractivity contribution >= 4 is 0 Å². The Labute approximate surface area is 112 Å². The first-order valence-electron chi connectivity index (χ1n) is 6.33. The van der Waals surface area contributed by atoms with Crippen LogP contribution in [0.5, 0.6) is 0 Å². The third-order valence-electron chi connectivity index (χ3n) is 3.33. The summed E-state index contributed by atoms with van der Waals surface area (Å²) in [6.45, 7) is 2.04. The van der Waals surface area contributed by atoms with Gasteiger partial charge in [0, 0.05) is 7.11 Å². The van der Waals surface area contributed by atoms with Crippen molar-refractivity contribution in [3.63, 3.8) is 0 Å². The molecule has 106 valence electrons. The first-order chi connectivity index (χ1) is 9.13. The summed E-state index contributed by atoms with van der Waals surface area (Å²) < 4.78 is 16.1. The van der Waals surface area contributed by atoms with Gasteiger partial charge in [-0.2, -0.15) is 0 Å². The Kier molecular flexibility index (Phi) is 4.90. The van der Waals surface area contributed by atoms with Crippen LogP contribution < -0.4 is 0 Å². The summed E-state index contributed by atoms with van der Waals surface area (Å²) in [5.74, 6) is 0. The van der Waals surface area contributed by atoms with Crippen LogP contribution in [0.2, 0.25) is 0 Å². The van der Waals surface area contributed by atoms with E-state index in [0.717, 1.165) is 5.56 Å². The molecule has 0 unspecified atom stereocenters. The van der Waals surface area contributed by atoms with Crippen LogP contribution in [-0.2, 0) is 20.8 Å². The van der Waals surface area contributed by atoms with Gasteiger partial charge in [0.15, 0.2) is 6.29 Å². The summed E-state index contributed by atoms with van der Waals surface area (Å²) in [6, 6.07) is 9.64. The number of methoxy groups -OCH3 is 1. The highest BCUT2D eigenvalue weighted by Crippen LogP contribution is 2.24. The largest absolute Gasteiger partial charge is 0.388 e. The molecule has 5 heteroatoms. The zero-order valence-electron chi connectivity index (χ0n) is 11.1. The van der Waals surface area contributed by atoms with E-state index in [9.17, 15) is 10.2 Å². The van der Waals surface area contributed by atoms with Crippen molar-refractivity contribution in [3.05, 3.63) is 35.9 Å². The van der Waals surface area contributed by atoms with E-state index >= 15 is 0 Å². The van der Waals surface area contributed by atoms with E-state index in [4.69, 9.17) is 14.2 Å². The van der Waals surface area contributed by atoms with Crippen molar-refractivity contribution < 1.29 is 24.4 Å². The number of aliphatic hydroxyl groups is 2. The molecular weight excluding hydrogens is 248 g/mol. The molecule has 2 N–H and O–H groups in total. The average molecular weight is 268 g/mol. The minimum absolute atomic E-state index is 0.349. The molecule has 5 atom stereocenters. The van der Waals surface area contributed by atoms with E-state index in [0.29, 0.717) is 6.61 Å². The summed E-state index contributed by atoms with van der Waals surface area (Å²) >= 11 is 0. The second-order valence-corrected chi connectivity index (χ2v) is 4.68. The van der Waals surface area contributed by atoms with Crippen LogP contribution >= 0.6 is 0 Å². The average Bonchev–Trinajstić information content (AvgIpc) is 2.42. The van der Waals surface area contributed by atoms with Crippen molar-refractivity contribution in [2.75, 3.05) is 7.11 Å². The summed E-state index contributed by atoms with van der Waals surface area (Å²) in [6.07, 6.45) is -3.75. The predicted octanol–water partition coefficient (Wildman–Crippen LogP) is 0.685. The third-order valence-corrected chi connectivity index (χ3v) is 3.33. The lowest BCUT2D eigenvalue weighted by atomic mass is 9.99. The van der Waals surface area contributed by atoms with Gasteiger partial charge in [-0.25, -0.2) is 0 Å². The van der Waals surface area contributed by atoms with Crippen LogP contribution in [0.25, 0.3) is 0 Å². The van der Waals surface area contributed by atoms with Crippen molar-refractivity contribution in [1.29, 1.82) is 0 Å². The van der Waals surface area contributed by atoms with Crippen molar-refractivity contribution in [3.8, 4) is 0 Å². The lowest BCUT2D eigenvalue weighted by Crippen LogP contribution is -2.58. The summed E-state index contributed by atoms with van der Waals surface area (Å²) in [5.41, 5.74) is 0.998. The van der Waals surface area contributed by atoms with Crippen LogP contribution in [0.4, 0.5) is 0 Å². The molecule has 0 aromatic heterocycles. The molecule has 0 bridgehead atoms. The van der Waals surface area contributed by atoms with Crippen molar-refractivity contribution in [1.82, 2.24) is 0 Å². The van der Waals surface area contributed by atoms with Crippen molar-refractivity contribution in [2.24, 2.45) is 0 Å². The highest BCUT2D eigenvalue weighted by atomic mass is 16.7. The third kappa shape index (κ3) is 3.32. The molecule has 1 aromatic carbocycles. The molecule has 2 rings (SSSR count). The van der Waals surface area contributed by atoms with Gasteiger partial charge >= 0.3 is 0 Å². The zero-order chi connectivity index (χ0) is 13.8. The number of hydrogen-bond donors (Lipinski definition) is 2. The van der Waals surface area contributed by atoms with Gasteiger partial charge in [0.05, 0.1) is 12.7 Å². The fourth-order valence-electron chi connectivity index (χ4n) is 2.21. The number of ether oxygens (including phenoxy) is 3. The molecule has 0 radical (unpaired) electrons. The van der Waals surface area contributed by atoms with Gasteiger partial charge in [0.1, 0.15) is 18.3 Å². The molecule has 19 heavy (non-hydrogen) atoms. The first kappa shape index (κ1) is 14.4. The Hall–Kier alpha value is -0.980. The normalized spacial score (nSPS) is 35.3. The maximum atomic E-state index is 10.1. The zero-order valence-corrected chi connectivity index (χ0v) is 11.1. The first-order valence-corrected chi connectivity index (χ1v) is 6.33. The molecule has 1 aliphatic heterocycles. The van der Waals surface area contributed by atoms with E-state index in [1.54, 1.807) is 6.92 Å². The molecule has 0 amide bonds. The molecular formula is C14H20O5. The molecule has 0 aliphatic carbocycles. The Bertz CT molecular complexity index is 383. The van der Waals surface area contributed by atoms with Crippen LogP contribution in [0.15, 0.2) is 30.3 Å². The quantitative estimate of drug-likeness (QED) is 0.840. The second kappa shape index (κ2) is 6.45. The van der Waals surface area contributed by atoms with Gasteiger partial charge in [-0.05, 0) is 12.5 Å². The highest BCUT2D eigenvalue weighted by Gasteiger charge is 2.44. The molecule has 1 saturated heterocycles. The van der Waals surface area contributed by atoms with E-state index in [1.165, 1.54) is 7.11 Å². The SMILES string of the molecule is CO[C@@H]1[C@@H](OCc2ccccc2)[C@@H](O)[C@H](C)O[C@@H]1O. The second-order valence-electron chi connectivity index (χ2n) is 4.68. The van der Waals surface area contributed by atoms with Gasteiger partial charge in [0.25, 0.3) is 0 Å². The van der Waals surface area contributed by atoms with E-state index < -0.39 is 30.7 Å². The fraction of sp³-hybridized carbons (Fsp3) is 0.571. The fourth-order valence-corrected chi connectivity index (χ4v) is 2.21. The number of benzene rings is 1. The summed E-state index contributed by atoms with van der Waals surface area (Å²) in [7, 11) is 1.46. The Morgan fingerprint density at radius 3 is 2.47 bits per heavy atom. The van der Waals surface area contributed by atoms with Crippen LogP contribution in [-0.4, -0.2) is 48.0 Å². The van der Waals surface area contributed by atoms with Crippen LogP contribution in [0.3, 0.4) is 0 Å². The smallest absolute Gasteiger partial charge is 0.184 e. The standard InChI is InChI=1S/C14H20O5/c1-9-11(15)12(13(17-2)14(16)19-9)18-8-10-6-4-3-5-7-10/h3-7,9,11-16H,8H2,1-2H3/t9-,11-,12-,13+,14-/m0/s1. The predicted molar refractivity (Wildman–Crippen MR) is 68.4 cm³/mol. The Balaban J connectivity index is 2.02. The number of rotatable bonds is 4. The molecule has 1 heterocycles. The molecule has 1 aliphatic rings. The maximum Gasteiger partial charge on any atom is 0.184 e. The topological polar surface area (TPSA) is 68.2 Å². The molecule has 0 spiro atoms. The van der Waals surface area contributed by atoms with Gasteiger partial charge in [-0.1, -0.05) is 30.3 Å². The number of hydrogen-bond acceptors (Lipinski definition) is 5. The van der Waals surface area contributed by atoms with Crippen LogP contribution in [0.1, 0.15) is 12.5 Å². The van der Waals surface area contributed by atoms with E-state index in [-0.39, 0.29) is 0 Å². The maximum absolute atomic E-state index is 10.1. The van der Waals surface area contributed by atoms with E-state index in [2.05, 4.69) is 0 Å². The summed E-state index contributed by atoms with van der Waals surface area (Å²) in [5, 5.41) is 19.9. The minimum atomic E-state index is -1.09. The van der Waals surface area contributed by atoms with E-state index in [1.807, 2.05) is 30.3 Å². The van der Waals surface area contributed by atoms with Gasteiger partial charge in [-0.15, -0.1) is 0 Å². The van der Waals surface area contributed by atoms with Crippen molar-refractivity contribution in [2.45, 2.75) is 44.2 Å². The molecule has 1 fully saturated rings. The minimum Gasteiger partial charge on any atom is -0.388 e. The van der Waals surface area contributed by atoms with Gasteiger partial charge in [0.2, 0.25) is 0 Å². The molecule has 0 saturated carbocycles. The lowest BCUT2D eigenvalue weighted by molar-refractivity contribution is -0.293. The molecule has 1 aromatic rings. The lowest BCUT2D eigenvalue weighted by Gasteiger charge is -2.40. The number of aliphatic hydroxyl groups excluding tert-OH is 2. The summed E-state index contributed by atoms with van der Waals surface area (Å²) in [4.78, 5) is 0. The van der Waals surface area contributed by atoms with Gasteiger partial charge < -0.3 is 24.4 Å². The Morgan fingerprint density at radius 1 is 1.16 bits per heavy atom. The molecule has 5 nitrogen and oxygen atoms in total. The van der Waals surface area contributed by atoms with Gasteiger partial charge in [-0.3, -0.25) is 0 Å². The van der Waals surface area contributed by atoms with Crippen LogP contribution in [0, 0.1) is 0 Å². The highest BCUT2D eigenvalue weighted by molar-refractivity contribution is 5.13. The monoisotopic (exact) mass is 268 g/mol. The Morgan fingerprint density at radius 2 is 1.84 bits per heavy atom.